The maximum Gasteiger partial charge on any atom is 0.331 e. The number of methoxy groups -OCH3 is 1. The second kappa shape index (κ2) is 8.81. The van der Waals surface area contributed by atoms with E-state index in [2.05, 4.69) is 15.0 Å². The third-order valence-corrected chi connectivity index (χ3v) is 2.66. The van der Waals surface area contributed by atoms with Gasteiger partial charge in [-0.25, -0.2) is 9.78 Å². The summed E-state index contributed by atoms with van der Waals surface area (Å²) in [5, 5.41) is 2.57. The van der Waals surface area contributed by atoms with Crippen molar-refractivity contribution in [2.45, 2.75) is 39.2 Å². The highest BCUT2D eigenvalue weighted by Gasteiger charge is 2.13. The Bertz CT molecular complexity index is 615. The smallest absolute Gasteiger partial charge is 0.331 e. The van der Waals surface area contributed by atoms with Crippen LogP contribution < -0.4 is 5.32 Å². The van der Waals surface area contributed by atoms with Crippen LogP contribution in [0.3, 0.4) is 0 Å². The van der Waals surface area contributed by atoms with E-state index in [-0.39, 0.29) is 18.7 Å². The molecule has 0 atom stereocenters. The maximum absolute atomic E-state index is 11.6. The Morgan fingerprint density at radius 3 is 2.46 bits per heavy atom. The van der Waals surface area contributed by atoms with Gasteiger partial charge in [0.1, 0.15) is 11.4 Å². The van der Waals surface area contributed by atoms with Gasteiger partial charge in [0.25, 0.3) is 0 Å². The number of hydrogen-bond donors (Lipinski definition) is 1. The van der Waals surface area contributed by atoms with Crippen molar-refractivity contribution >= 4 is 29.7 Å². The minimum Gasteiger partial charge on any atom is -0.469 e. The number of esters is 2. The molecule has 0 saturated heterocycles. The largest absolute Gasteiger partial charge is 0.469 e. The Balaban J connectivity index is 2.52. The second-order valence-electron chi connectivity index (χ2n) is 5.97. The first-order valence-electron chi connectivity index (χ1n) is 7.43. The van der Waals surface area contributed by atoms with E-state index in [1.807, 2.05) is 0 Å². The number of ether oxygens (including phenoxy) is 2. The first-order valence-corrected chi connectivity index (χ1v) is 7.43. The molecule has 1 amide bonds. The maximum atomic E-state index is 11.6. The fourth-order valence-electron chi connectivity index (χ4n) is 1.60. The SMILES string of the molecule is COC(=O)CCC(=O)Nc1ccc(C=CC(=O)OC(C)(C)C)cn1. The van der Waals surface area contributed by atoms with Crippen LogP contribution in [-0.2, 0) is 23.9 Å². The van der Waals surface area contributed by atoms with Crippen molar-refractivity contribution in [1.29, 1.82) is 0 Å². The van der Waals surface area contributed by atoms with Crippen molar-refractivity contribution < 1.29 is 23.9 Å². The van der Waals surface area contributed by atoms with E-state index in [9.17, 15) is 14.4 Å². The van der Waals surface area contributed by atoms with Gasteiger partial charge in [0.05, 0.1) is 13.5 Å². The molecule has 0 unspecified atom stereocenters. The predicted octanol–water partition coefficient (Wildman–Crippen LogP) is 2.33. The van der Waals surface area contributed by atoms with Gasteiger partial charge in [0.2, 0.25) is 5.91 Å². The minimum atomic E-state index is -0.544. The fraction of sp³-hybridized carbons (Fsp3) is 0.412. The molecule has 0 bridgehead atoms. The number of amides is 1. The summed E-state index contributed by atoms with van der Waals surface area (Å²) in [6, 6.07) is 3.30. The number of nitrogens with zero attached hydrogens (tertiary/aromatic N) is 1. The Morgan fingerprint density at radius 2 is 1.92 bits per heavy atom. The summed E-state index contributed by atoms with van der Waals surface area (Å²) in [6.45, 7) is 5.37. The molecule has 0 spiro atoms. The molecule has 0 aliphatic heterocycles. The van der Waals surface area contributed by atoms with E-state index in [1.54, 1.807) is 39.0 Å². The van der Waals surface area contributed by atoms with E-state index in [0.29, 0.717) is 11.4 Å². The van der Waals surface area contributed by atoms with Crippen molar-refractivity contribution in [1.82, 2.24) is 4.98 Å². The number of hydrogen-bond acceptors (Lipinski definition) is 6. The van der Waals surface area contributed by atoms with Gasteiger partial charge in [-0.2, -0.15) is 0 Å². The summed E-state index contributed by atoms with van der Waals surface area (Å²) >= 11 is 0. The van der Waals surface area contributed by atoms with E-state index in [1.165, 1.54) is 19.4 Å². The lowest BCUT2D eigenvalue weighted by atomic mass is 10.2. The van der Waals surface area contributed by atoms with E-state index in [4.69, 9.17) is 4.74 Å². The van der Waals surface area contributed by atoms with Gasteiger partial charge in [-0.1, -0.05) is 0 Å². The molecule has 1 aromatic heterocycles. The van der Waals surface area contributed by atoms with Crippen molar-refractivity contribution in [3.8, 4) is 0 Å². The van der Waals surface area contributed by atoms with Crippen LogP contribution in [0.25, 0.3) is 6.08 Å². The van der Waals surface area contributed by atoms with Gasteiger partial charge in [0, 0.05) is 18.7 Å². The zero-order valence-electron chi connectivity index (χ0n) is 14.3. The van der Waals surface area contributed by atoms with Crippen LogP contribution in [0.2, 0.25) is 0 Å². The average molecular weight is 334 g/mol. The van der Waals surface area contributed by atoms with E-state index < -0.39 is 17.5 Å². The number of rotatable bonds is 6. The molecule has 24 heavy (non-hydrogen) atoms. The Morgan fingerprint density at radius 1 is 1.21 bits per heavy atom. The summed E-state index contributed by atoms with van der Waals surface area (Å²) in [5.41, 5.74) is 0.145. The summed E-state index contributed by atoms with van der Waals surface area (Å²) in [6.07, 6.45) is 4.44. The van der Waals surface area contributed by atoms with Gasteiger partial charge in [0.15, 0.2) is 0 Å². The van der Waals surface area contributed by atoms with Crippen LogP contribution in [0.15, 0.2) is 24.4 Å². The molecule has 7 nitrogen and oxygen atoms in total. The van der Waals surface area contributed by atoms with Crippen LogP contribution in [0.5, 0.6) is 0 Å². The summed E-state index contributed by atoms with van der Waals surface area (Å²) in [7, 11) is 1.27. The van der Waals surface area contributed by atoms with Gasteiger partial charge in [-0.05, 0) is 44.5 Å². The van der Waals surface area contributed by atoms with Crippen LogP contribution in [-0.4, -0.2) is 35.5 Å². The molecular weight excluding hydrogens is 312 g/mol. The molecule has 130 valence electrons. The topological polar surface area (TPSA) is 94.6 Å². The zero-order chi connectivity index (χ0) is 18.2. The monoisotopic (exact) mass is 334 g/mol. The number of nitrogens with one attached hydrogen (secondary N) is 1. The molecule has 7 heteroatoms. The highest BCUT2D eigenvalue weighted by molar-refractivity contribution is 5.92. The molecule has 1 aromatic rings. The van der Waals surface area contributed by atoms with Crippen LogP contribution in [0, 0.1) is 0 Å². The Kier molecular flexibility index (Phi) is 7.10. The molecule has 0 saturated carbocycles. The number of carbonyl (C=O) groups is 3. The predicted molar refractivity (Wildman–Crippen MR) is 89.0 cm³/mol. The quantitative estimate of drug-likeness (QED) is 0.634. The Labute approximate surface area is 141 Å². The molecule has 0 aliphatic carbocycles. The average Bonchev–Trinajstić information content (AvgIpc) is 2.50. The molecular formula is C17H22N2O5. The lowest BCUT2D eigenvalue weighted by molar-refractivity contribution is -0.148. The Hall–Kier alpha value is -2.70. The van der Waals surface area contributed by atoms with Crippen LogP contribution in [0.4, 0.5) is 5.82 Å². The summed E-state index contributed by atoms with van der Waals surface area (Å²) in [5.74, 6) is -0.854. The van der Waals surface area contributed by atoms with E-state index in [0.717, 1.165) is 0 Å². The van der Waals surface area contributed by atoms with E-state index >= 15 is 0 Å². The summed E-state index contributed by atoms with van der Waals surface area (Å²) < 4.78 is 9.61. The molecule has 0 fully saturated rings. The lowest BCUT2D eigenvalue weighted by Crippen LogP contribution is -2.22. The molecule has 0 aliphatic rings. The molecule has 1 heterocycles. The fourth-order valence-corrected chi connectivity index (χ4v) is 1.60. The standard InChI is InChI=1S/C17H22N2O5/c1-17(2,3)24-16(22)9-6-12-5-7-13(18-11-12)19-14(20)8-10-15(21)23-4/h5-7,9,11H,8,10H2,1-4H3,(H,18,19,20). The van der Waals surface area contributed by atoms with Crippen molar-refractivity contribution in [3.05, 3.63) is 30.0 Å². The van der Waals surface area contributed by atoms with Crippen LogP contribution >= 0.6 is 0 Å². The lowest BCUT2D eigenvalue weighted by Gasteiger charge is -2.17. The van der Waals surface area contributed by atoms with Gasteiger partial charge in [-0.3, -0.25) is 9.59 Å². The van der Waals surface area contributed by atoms with Crippen molar-refractivity contribution in [3.63, 3.8) is 0 Å². The first kappa shape index (κ1) is 19.3. The number of pyridine rings is 1. The third kappa shape index (κ3) is 8.07. The number of carbonyl (C=O) groups excluding carboxylic acids is 3. The summed E-state index contributed by atoms with van der Waals surface area (Å²) in [4.78, 5) is 38.2. The second-order valence-corrected chi connectivity index (χ2v) is 5.97. The highest BCUT2D eigenvalue weighted by atomic mass is 16.6. The van der Waals surface area contributed by atoms with Crippen molar-refractivity contribution in [2.75, 3.05) is 12.4 Å². The normalized spacial score (nSPS) is 11.2. The molecule has 1 N–H and O–H groups in total. The number of anilines is 1. The molecule has 0 aromatic carbocycles. The van der Waals surface area contributed by atoms with Gasteiger partial charge < -0.3 is 14.8 Å². The zero-order valence-corrected chi connectivity index (χ0v) is 14.3. The highest BCUT2D eigenvalue weighted by Crippen LogP contribution is 2.10. The minimum absolute atomic E-state index is 0.0129. The molecule has 0 radical (unpaired) electrons. The van der Waals surface area contributed by atoms with Gasteiger partial charge >= 0.3 is 11.9 Å². The van der Waals surface area contributed by atoms with Crippen LogP contribution in [0.1, 0.15) is 39.2 Å². The van der Waals surface area contributed by atoms with Crippen molar-refractivity contribution in [2.24, 2.45) is 0 Å². The van der Waals surface area contributed by atoms with Gasteiger partial charge in [-0.15, -0.1) is 0 Å². The first-order chi connectivity index (χ1) is 11.2. The molecule has 1 rings (SSSR count). The number of aromatic nitrogens is 1. The third-order valence-electron chi connectivity index (χ3n) is 2.66.